The minimum absolute atomic E-state index is 0.0747. The zero-order chi connectivity index (χ0) is 25.3. The number of ether oxygens (including phenoxy) is 1. The van der Waals surface area contributed by atoms with Gasteiger partial charge in [0, 0.05) is 11.1 Å². The number of nitrogens with one attached hydrogen (secondary N) is 1. The minimum Gasteiger partial charge on any atom is -0.420 e. The number of halogens is 1. The lowest BCUT2D eigenvalue weighted by molar-refractivity contribution is 0.450. The van der Waals surface area contributed by atoms with Crippen molar-refractivity contribution in [3.63, 3.8) is 0 Å². The molecule has 0 spiro atoms. The third kappa shape index (κ3) is 4.88. The molecule has 3 heterocycles. The highest BCUT2D eigenvalue weighted by molar-refractivity contribution is 7.96. The van der Waals surface area contributed by atoms with E-state index in [4.69, 9.17) is 16.3 Å². The van der Waals surface area contributed by atoms with Crippen LogP contribution in [-0.2, 0) is 19.9 Å². The van der Waals surface area contributed by atoms with Crippen molar-refractivity contribution in [2.45, 2.75) is 13.3 Å². The van der Waals surface area contributed by atoms with Gasteiger partial charge in [-0.25, -0.2) is 31.8 Å². The molecule has 13 heteroatoms. The summed E-state index contributed by atoms with van der Waals surface area (Å²) in [5.41, 5.74) is 0.768. The third-order valence-electron chi connectivity index (χ3n) is 4.89. The number of pyridine rings is 1. The van der Waals surface area contributed by atoms with Gasteiger partial charge < -0.3 is 4.74 Å². The van der Waals surface area contributed by atoms with Crippen LogP contribution in [0.2, 0.25) is 5.02 Å². The summed E-state index contributed by atoms with van der Waals surface area (Å²) in [6.45, 7) is 0. The van der Waals surface area contributed by atoms with Gasteiger partial charge in [-0.2, -0.15) is 0 Å². The van der Waals surface area contributed by atoms with E-state index in [2.05, 4.69) is 19.7 Å². The smallest absolute Gasteiger partial charge is 0.271 e. The maximum Gasteiger partial charge on any atom is 0.271 e. The van der Waals surface area contributed by atoms with Gasteiger partial charge in [0.2, 0.25) is 21.6 Å². The molecule has 0 radical (unpaired) electrons. The van der Waals surface area contributed by atoms with Crippen LogP contribution in [0, 0.1) is 0 Å². The molecule has 0 bridgehead atoms. The van der Waals surface area contributed by atoms with E-state index in [1.165, 1.54) is 48.9 Å². The number of nitrogens with zero attached hydrogens (tertiary/aromatic N) is 3. The molecule has 5 aromatic rings. The first-order valence-electron chi connectivity index (χ1n) is 10.2. The largest absolute Gasteiger partial charge is 0.420 e. The van der Waals surface area contributed by atoms with Crippen molar-refractivity contribution in [3.05, 3.63) is 90.3 Å². The average molecular weight is 559 g/mol. The van der Waals surface area contributed by atoms with Gasteiger partial charge in [0.25, 0.3) is 10.0 Å². The molecule has 9 nitrogen and oxygen atoms in total. The highest BCUT2D eigenvalue weighted by Crippen LogP contribution is 2.32. The maximum atomic E-state index is 12.8. The summed E-state index contributed by atoms with van der Waals surface area (Å²) in [6.07, 6.45) is 2.62. The zero-order valence-electron chi connectivity index (χ0n) is 18.1. The lowest BCUT2D eigenvalue weighted by Gasteiger charge is -2.09. The molecule has 0 unspecified atom stereocenters. The lowest BCUT2D eigenvalue weighted by atomic mass is 10.2. The van der Waals surface area contributed by atoms with Crippen LogP contribution in [0.25, 0.3) is 10.9 Å². The molecule has 0 saturated carbocycles. The van der Waals surface area contributed by atoms with Crippen molar-refractivity contribution in [1.82, 2.24) is 15.0 Å². The Hall–Kier alpha value is -3.58. The van der Waals surface area contributed by atoms with Gasteiger partial charge in [0.05, 0.1) is 27.7 Å². The Morgan fingerprint density at radius 2 is 1.61 bits per heavy atom. The molecule has 2 aromatic carbocycles. The number of thiophene rings is 1. The van der Waals surface area contributed by atoms with Crippen molar-refractivity contribution < 1.29 is 21.6 Å². The third-order valence-corrected chi connectivity index (χ3v) is 10.3. The van der Waals surface area contributed by atoms with E-state index in [1.54, 1.807) is 36.4 Å². The second-order valence-corrected chi connectivity index (χ2v) is 12.9. The molecule has 0 atom stereocenters. The van der Waals surface area contributed by atoms with Gasteiger partial charge in [-0.05, 0) is 48.5 Å². The summed E-state index contributed by atoms with van der Waals surface area (Å²) < 4.78 is 59.1. The van der Waals surface area contributed by atoms with Crippen LogP contribution in [0.4, 0.5) is 5.69 Å². The Bertz CT molecular complexity index is 1780. The number of hydrogen-bond acceptors (Lipinski definition) is 9. The zero-order valence-corrected chi connectivity index (χ0v) is 21.3. The first kappa shape index (κ1) is 24.1. The summed E-state index contributed by atoms with van der Waals surface area (Å²) in [5.74, 6) is 0.448. The monoisotopic (exact) mass is 558 g/mol. The average Bonchev–Trinajstić information content (AvgIpc) is 3.38. The van der Waals surface area contributed by atoms with Crippen molar-refractivity contribution >= 4 is 59.4 Å². The predicted octanol–water partition coefficient (Wildman–Crippen LogP) is 5.17. The number of rotatable bonds is 7. The molecule has 0 aliphatic carbocycles. The number of aromatic nitrogens is 3. The van der Waals surface area contributed by atoms with Crippen LogP contribution in [0.5, 0.6) is 11.8 Å². The van der Waals surface area contributed by atoms with Crippen LogP contribution in [0.15, 0.2) is 98.6 Å². The van der Waals surface area contributed by atoms with Crippen LogP contribution >= 0.6 is 22.9 Å². The number of sulfone groups is 1. The van der Waals surface area contributed by atoms with E-state index in [1.807, 2.05) is 0 Å². The Labute approximate surface area is 215 Å². The molecule has 0 fully saturated rings. The van der Waals surface area contributed by atoms with Gasteiger partial charge in [0.15, 0.2) is 0 Å². The number of benzene rings is 2. The fourth-order valence-electron chi connectivity index (χ4n) is 3.20. The van der Waals surface area contributed by atoms with Gasteiger partial charge in [0.1, 0.15) is 14.7 Å². The van der Waals surface area contributed by atoms with E-state index >= 15 is 0 Å². The molecule has 0 aliphatic rings. The molecular formula is C23H15ClN4O5S3. The van der Waals surface area contributed by atoms with Crippen LogP contribution in [0.1, 0.15) is 0 Å². The lowest BCUT2D eigenvalue weighted by Crippen LogP contribution is -2.11. The van der Waals surface area contributed by atoms with Gasteiger partial charge in [-0.1, -0.05) is 29.8 Å². The highest BCUT2D eigenvalue weighted by Gasteiger charge is 2.24. The van der Waals surface area contributed by atoms with Crippen molar-refractivity contribution in [1.29, 1.82) is 0 Å². The quantitative estimate of drug-likeness (QED) is 0.290. The Balaban J connectivity index is 1.33. The second kappa shape index (κ2) is 9.47. The van der Waals surface area contributed by atoms with Crippen LogP contribution < -0.4 is 9.46 Å². The Morgan fingerprint density at radius 3 is 2.36 bits per heavy atom. The Morgan fingerprint density at radius 1 is 0.833 bits per heavy atom. The molecule has 0 aliphatic heterocycles. The summed E-state index contributed by atoms with van der Waals surface area (Å²) in [7, 11) is -7.87. The molecule has 0 saturated heterocycles. The number of sulfonamides is 1. The summed E-state index contributed by atoms with van der Waals surface area (Å²) in [4.78, 5) is 12.5. The number of fused-ring (bicyclic) bond motifs is 1. The van der Waals surface area contributed by atoms with Crippen molar-refractivity contribution in [3.8, 4) is 11.8 Å². The first-order chi connectivity index (χ1) is 17.2. The van der Waals surface area contributed by atoms with E-state index in [-0.39, 0.29) is 30.8 Å². The predicted molar refractivity (Wildman–Crippen MR) is 136 cm³/mol. The molecule has 0 amide bonds. The van der Waals surface area contributed by atoms with Crippen LogP contribution in [0.3, 0.4) is 0 Å². The van der Waals surface area contributed by atoms with Crippen LogP contribution in [-0.4, -0.2) is 31.8 Å². The fraction of sp³-hybridized carbons (Fsp3) is 0. The summed E-state index contributed by atoms with van der Waals surface area (Å²) in [6, 6.07) is 18.4. The van der Waals surface area contributed by atoms with E-state index in [0.29, 0.717) is 27.3 Å². The summed E-state index contributed by atoms with van der Waals surface area (Å²) in [5, 5.41) is 1.16. The SMILES string of the molecule is O=S(=O)(Nc1ccc(Oc2ncnc3cc(Cl)ccc23)nc1)c1ccc(S(=O)(=O)c2ccccc2)s1. The maximum absolute atomic E-state index is 12.8. The molecule has 1 N–H and O–H groups in total. The van der Waals surface area contributed by atoms with Gasteiger partial charge in [-0.15, -0.1) is 11.3 Å². The molecule has 36 heavy (non-hydrogen) atoms. The molecular weight excluding hydrogens is 544 g/mol. The Kier molecular flexibility index (Phi) is 6.35. The topological polar surface area (TPSA) is 128 Å². The minimum atomic E-state index is -4.05. The van der Waals surface area contributed by atoms with Crippen molar-refractivity contribution in [2.75, 3.05) is 4.72 Å². The molecule has 182 valence electrons. The van der Waals surface area contributed by atoms with E-state index in [0.717, 1.165) is 0 Å². The molecule has 5 rings (SSSR count). The van der Waals surface area contributed by atoms with Gasteiger partial charge >= 0.3 is 0 Å². The molecule has 3 aromatic heterocycles. The van der Waals surface area contributed by atoms with E-state index in [9.17, 15) is 16.8 Å². The number of hydrogen-bond donors (Lipinski definition) is 1. The van der Waals surface area contributed by atoms with Gasteiger partial charge in [-0.3, -0.25) is 4.72 Å². The second-order valence-electron chi connectivity index (χ2n) is 7.32. The standard InChI is InChI=1S/C23H15ClN4O5S3/c24-15-6-8-18-19(12-15)26-14-27-23(18)33-20-9-7-16(13-25-20)28-36(31,32)22-11-10-21(34-22)35(29,30)17-4-2-1-3-5-17/h1-14,28H. The van der Waals surface area contributed by atoms with E-state index < -0.39 is 19.9 Å². The normalized spacial score (nSPS) is 11.9. The first-order valence-corrected chi connectivity index (χ1v) is 14.4. The van der Waals surface area contributed by atoms with Crippen molar-refractivity contribution in [2.24, 2.45) is 0 Å². The highest BCUT2D eigenvalue weighted by atomic mass is 35.5. The number of anilines is 1. The summed E-state index contributed by atoms with van der Waals surface area (Å²) >= 11 is 6.66. The fourth-order valence-corrected chi connectivity index (χ4v) is 7.60.